The van der Waals surface area contributed by atoms with E-state index >= 15 is 0 Å². The molecule has 2 aromatic rings. The second-order valence-corrected chi connectivity index (χ2v) is 8.64. The number of aromatic nitrogens is 2. The van der Waals surface area contributed by atoms with Crippen LogP contribution in [0.1, 0.15) is 53.6 Å². The Kier molecular flexibility index (Phi) is 4.47. The number of hydrogen-bond acceptors (Lipinski definition) is 6. The number of nitrogens with one attached hydrogen (secondary N) is 2. The summed E-state index contributed by atoms with van der Waals surface area (Å²) in [6, 6.07) is 3.94. The van der Waals surface area contributed by atoms with Crippen molar-refractivity contribution >= 4 is 34.4 Å². The summed E-state index contributed by atoms with van der Waals surface area (Å²) in [7, 11) is 0. The molecule has 0 bridgehead atoms. The van der Waals surface area contributed by atoms with Gasteiger partial charge in [-0.2, -0.15) is 0 Å². The van der Waals surface area contributed by atoms with E-state index < -0.39 is 11.2 Å². The van der Waals surface area contributed by atoms with Crippen molar-refractivity contribution in [2.45, 2.75) is 49.5 Å². The highest BCUT2D eigenvalue weighted by atomic mass is 32.2. The highest BCUT2D eigenvalue weighted by molar-refractivity contribution is 7.91. The van der Waals surface area contributed by atoms with Crippen LogP contribution in [-0.4, -0.2) is 26.7 Å². The minimum absolute atomic E-state index is 0.0116. The molecule has 1 unspecified atom stereocenters. The van der Waals surface area contributed by atoms with E-state index in [0.29, 0.717) is 10.7 Å². The number of hydrogen-bond donors (Lipinski definition) is 3. The van der Waals surface area contributed by atoms with Gasteiger partial charge in [-0.1, -0.05) is 19.3 Å². The van der Waals surface area contributed by atoms with Crippen LogP contribution in [0.25, 0.3) is 0 Å². The third-order valence-electron chi connectivity index (χ3n) is 5.52. The first-order chi connectivity index (χ1) is 12.9. The zero-order chi connectivity index (χ0) is 19.2. The fourth-order valence-electron chi connectivity index (χ4n) is 4.33. The molecule has 1 aliphatic heterocycles. The van der Waals surface area contributed by atoms with Crippen molar-refractivity contribution in [3.63, 3.8) is 0 Å². The summed E-state index contributed by atoms with van der Waals surface area (Å²) in [5.41, 5.74) is 9.17. The predicted molar refractivity (Wildman–Crippen MR) is 105 cm³/mol. The molecule has 1 spiro atoms. The highest BCUT2D eigenvalue weighted by Gasteiger charge is 2.44. The Labute approximate surface area is 161 Å². The normalized spacial score (nSPS) is 18.9. The van der Waals surface area contributed by atoms with Gasteiger partial charge in [0, 0.05) is 11.3 Å². The lowest BCUT2D eigenvalue weighted by Crippen LogP contribution is -2.40. The Morgan fingerprint density at radius 2 is 2.00 bits per heavy atom. The molecule has 1 fully saturated rings. The average Bonchev–Trinajstić information content (AvgIpc) is 2.87. The van der Waals surface area contributed by atoms with Gasteiger partial charge in [-0.15, -0.1) is 0 Å². The maximum absolute atomic E-state index is 12.6. The van der Waals surface area contributed by atoms with Crippen molar-refractivity contribution in [1.82, 2.24) is 15.3 Å². The zero-order valence-corrected chi connectivity index (χ0v) is 16.3. The summed E-state index contributed by atoms with van der Waals surface area (Å²) in [6.45, 7) is 1.94. The molecule has 142 valence electrons. The Morgan fingerprint density at radius 1 is 1.26 bits per heavy atom. The first-order valence-corrected chi connectivity index (χ1v) is 10.7. The Bertz CT molecular complexity index is 909. The van der Waals surface area contributed by atoms with E-state index in [2.05, 4.69) is 20.6 Å². The maximum Gasteiger partial charge on any atom is 0.252 e. The highest BCUT2D eigenvalue weighted by Crippen LogP contribution is 2.44. The van der Waals surface area contributed by atoms with Gasteiger partial charge in [-0.25, -0.2) is 9.97 Å². The Hall–Kier alpha value is -2.32. The molecule has 4 rings (SSSR count). The average molecular weight is 385 g/mol. The number of carbonyl (C=O) groups excluding carboxylic acids is 1. The van der Waals surface area contributed by atoms with Crippen molar-refractivity contribution in [1.29, 1.82) is 0 Å². The molecule has 0 radical (unpaired) electrons. The summed E-state index contributed by atoms with van der Waals surface area (Å²) >= 11 is -1.33. The minimum Gasteiger partial charge on any atom is -0.611 e. The number of nitrogen functional groups attached to an aromatic ring is 1. The number of rotatable bonds is 3. The van der Waals surface area contributed by atoms with Gasteiger partial charge in [0.1, 0.15) is 12.6 Å². The molecule has 2 heterocycles. The molecule has 4 N–H and O–H groups in total. The third-order valence-corrected chi connectivity index (χ3v) is 6.50. The van der Waals surface area contributed by atoms with Crippen LogP contribution in [0.4, 0.5) is 17.3 Å². The van der Waals surface area contributed by atoms with E-state index in [1.807, 2.05) is 19.1 Å². The molecule has 1 aromatic heterocycles. The fourth-order valence-corrected chi connectivity index (χ4v) is 5.05. The van der Waals surface area contributed by atoms with Gasteiger partial charge < -0.3 is 20.9 Å². The molecule has 7 nitrogen and oxygen atoms in total. The SMILES string of the molecule is Cc1cc(Nc2ncnc(N)c2[S+](C)[O-])cc2c1C(=O)NC21CCCCC1. The molecule has 1 atom stereocenters. The lowest BCUT2D eigenvalue weighted by molar-refractivity contribution is 0.0909. The standard InChI is InChI=1S/C19H23N5O2S/c1-11-8-12(23-17-15(27(2)26)16(20)21-10-22-17)9-13-14(11)18(25)24-19(13)6-4-3-5-7-19/h8-10H,3-7H2,1-2H3,(H,24,25)(H3,20,21,22,23). The number of anilines is 3. The van der Waals surface area contributed by atoms with Crippen molar-refractivity contribution in [3.8, 4) is 0 Å². The number of nitrogens with two attached hydrogens (primary N) is 1. The first-order valence-electron chi connectivity index (χ1n) is 9.10. The second kappa shape index (κ2) is 6.69. The number of carbonyl (C=O) groups is 1. The van der Waals surface area contributed by atoms with Crippen LogP contribution >= 0.6 is 0 Å². The number of benzene rings is 1. The van der Waals surface area contributed by atoms with E-state index in [9.17, 15) is 9.35 Å². The predicted octanol–water partition coefficient (Wildman–Crippen LogP) is 2.75. The Balaban J connectivity index is 1.77. The van der Waals surface area contributed by atoms with E-state index in [0.717, 1.165) is 48.1 Å². The van der Waals surface area contributed by atoms with E-state index in [4.69, 9.17) is 5.73 Å². The van der Waals surface area contributed by atoms with Gasteiger partial charge >= 0.3 is 0 Å². The largest absolute Gasteiger partial charge is 0.611 e. The molecule has 2 aliphatic rings. The maximum atomic E-state index is 12.6. The quantitative estimate of drug-likeness (QED) is 0.700. The lowest BCUT2D eigenvalue weighted by Gasteiger charge is -2.34. The number of nitrogens with zero attached hydrogens (tertiary/aromatic N) is 2. The molecular weight excluding hydrogens is 362 g/mol. The first kappa shape index (κ1) is 18.1. The monoisotopic (exact) mass is 385 g/mol. The molecule has 0 saturated heterocycles. The zero-order valence-electron chi connectivity index (χ0n) is 15.5. The molecule has 1 aliphatic carbocycles. The van der Waals surface area contributed by atoms with Gasteiger partial charge in [-0.05, 0) is 54.2 Å². The van der Waals surface area contributed by atoms with Crippen LogP contribution in [0.15, 0.2) is 23.4 Å². The van der Waals surface area contributed by atoms with Crippen LogP contribution < -0.4 is 16.4 Å². The molecular formula is C19H23N5O2S. The van der Waals surface area contributed by atoms with Gasteiger partial charge in [0.2, 0.25) is 4.90 Å². The summed E-state index contributed by atoms with van der Waals surface area (Å²) in [5, 5.41) is 6.48. The summed E-state index contributed by atoms with van der Waals surface area (Å²) in [4.78, 5) is 21.2. The van der Waals surface area contributed by atoms with Gasteiger partial charge in [-0.3, -0.25) is 4.79 Å². The van der Waals surface area contributed by atoms with Crippen LogP contribution in [0, 0.1) is 6.92 Å². The Morgan fingerprint density at radius 3 is 2.70 bits per heavy atom. The van der Waals surface area contributed by atoms with Gasteiger partial charge in [0.15, 0.2) is 11.6 Å². The molecule has 1 saturated carbocycles. The third kappa shape index (κ3) is 3.02. The summed E-state index contributed by atoms with van der Waals surface area (Å²) < 4.78 is 12.1. The smallest absolute Gasteiger partial charge is 0.252 e. The van der Waals surface area contributed by atoms with Crippen molar-refractivity contribution < 1.29 is 9.35 Å². The lowest BCUT2D eigenvalue weighted by atomic mass is 9.77. The van der Waals surface area contributed by atoms with Gasteiger partial charge in [0.05, 0.1) is 5.54 Å². The molecule has 8 heteroatoms. The van der Waals surface area contributed by atoms with Crippen molar-refractivity contribution in [3.05, 3.63) is 35.2 Å². The summed E-state index contributed by atoms with van der Waals surface area (Å²) in [5.74, 6) is 0.641. The fraction of sp³-hybridized carbons (Fsp3) is 0.421. The van der Waals surface area contributed by atoms with E-state index in [1.165, 1.54) is 12.7 Å². The van der Waals surface area contributed by atoms with Crippen LogP contribution in [0.2, 0.25) is 0 Å². The number of aryl methyl sites for hydroxylation is 1. The van der Waals surface area contributed by atoms with Crippen LogP contribution in [0.5, 0.6) is 0 Å². The second-order valence-electron chi connectivity index (χ2n) is 7.33. The number of fused-ring (bicyclic) bond motifs is 2. The topological polar surface area (TPSA) is 116 Å². The molecule has 27 heavy (non-hydrogen) atoms. The van der Waals surface area contributed by atoms with E-state index in [-0.39, 0.29) is 17.3 Å². The summed E-state index contributed by atoms with van der Waals surface area (Å²) in [6.07, 6.45) is 8.24. The minimum atomic E-state index is -1.33. The van der Waals surface area contributed by atoms with Crippen LogP contribution in [0.3, 0.4) is 0 Å². The van der Waals surface area contributed by atoms with Gasteiger partial charge in [0.25, 0.3) is 5.91 Å². The number of amides is 1. The van der Waals surface area contributed by atoms with Crippen molar-refractivity contribution in [2.75, 3.05) is 17.3 Å². The van der Waals surface area contributed by atoms with Crippen LogP contribution in [-0.2, 0) is 16.7 Å². The van der Waals surface area contributed by atoms with Crippen molar-refractivity contribution in [2.24, 2.45) is 0 Å². The molecule has 1 amide bonds. The molecule has 1 aromatic carbocycles. The van der Waals surface area contributed by atoms with E-state index in [1.54, 1.807) is 6.26 Å².